The second-order valence-corrected chi connectivity index (χ2v) is 6.90. The van der Waals surface area contributed by atoms with Crippen molar-refractivity contribution in [2.45, 2.75) is 12.8 Å². The predicted molar refractivity (Wildman–Crippen MR) is 83.8 cm³/mol. The van der Waals surface area contributed by atoms with E-state index in [1.807, 2.05) is 18.2 Å². The summed E-state index contributed by atoms with van der Waals surface area (Å²) in [5, 5.41) is 6.15. The van der Waals surface area contributed by atoms with Crippen LogP contribution in [0.1, 0.15) is 12.0 Å². The third-order valence-corrected chi connectivity index (χ3v) is 3.71. The van der Waals surface area contributed by atoms with Gasteiger partial charge in [-0.15, -0.1) is 0 Å². The average Bonchev–Trinajstić information content (AvgIpc) is 2.41. The summed E-state index contributed by atoms with van der Waals surface area (Å²) in [6, 6.07) is 10.3. The van der Waals surface area contributed by atoms with Gasteiger partial charge in [0.05, 0.1) is 5.75 Å². The number of hydrogen-bond donors (Lipinski definition) is 2. The third-order valence-electron chi connectivity index (χ3n) is 2.77. The molecule has 0 unspecified atom stereocenters. The Morgan fingerprint density at radius 3 is 2.40 bits per heavy atom. The number of benzene rings is 1. The smallest absolute Gasteiger partial charge is 0.191 e. The summed E-state index contributed by atoms with van der Waals surface area (Å²) in [5.74, 6) is 0.749. The molecule has 0 saturated heterocycles. The second-order valence-electron chi connectivity index (χ2n) is 4.64. The molecule has 0 aliphatic carbocycles. The van der Waals surface area contributed by atoms with Crippen LogP contribution in [0, 0.1) is 0 Å². The average molecular weight is 297 g/mol. The first kappa shape index (κ1) is 16.5. The van der Waals surface area contributed by atoms with Crippen molar-refractivity contribution in [1.29, 1.82) is 0 Å². The maximum absolute atomic E-state index is 11.0. The van der Waals surface area contributed by atoms with Crippen molar-refractivity contribution in [2.75, 3.05) is 32.1 Å². The number of aryl methyl sites for hydroxylation is 1. The van der Waals surface area contributed by atoms with Gasteiger partial charge in [-0.1, -0.05) is 30.3 Å². The van der Waals surface area contributed by atoms with Crippen molar-refractivity contribution in [3.63, 3.8) is 0 Å². The van der Waals surface area contributed by atoms with E-state index < -0.39 is 9.84 Å². The number of rotatable bonds is 7. The standard InChI is InChI=1S/C14H23N3O2S/c1-15-14(17-11-12-20(2,18)19)16-10-6-9-13-7-4-3-5-8-13/h3-5,7-8H,6,9-12H2,1-2H3,(H2,15,16,17). The number of guanidine groups is 1. The lowest BCUT2D eigenvalue weighted by Crippen LogP contribution is -2.39. The van der Waals surface area contributed by atoms with Crippen LogP contribution in [0.25, 0.3) is 0 Å². The molecule has 0 saturated carbocycles. The second kappa shape index (κ2) is 8.58. The van der Waals surface area contributed by atoms with Gasteiger partial charge in [0.2, 0.25) is 0 Å². The molecular formula is C14H23N3O2S. The summed E-state index contributed by atoms with van der Waals surface area (Å²) >= 11 is 0. The van der Waals surface area contributed by atoms with Gasteiger partial charge >= 0.3 is 0 Å². The molecule has 20 heavy (non-hydrogen) atoms. The van der Waals surface area contributed by atoms with Crippen LogP contribution < -0.4 is 10.6 Å². The summed E-state index contributed by atoms with van der Waals surface area (Å²) in [7, 11) is -1.26. The summed E-state index contributed by atoms with van der Waals surface area (Å²) in [6.07, 6.45) is 3.23. The summed E-state index contributed by atoms with van der Waals surface area (Å²) < 4.78 is 22.0. The molecule has 0 atom stereocenters. The van der Waals surface area contributed by atoms with Gasteiger partial charge in [-0.05, 0) is 18.4 Å². The molecule has 5 nitrogen and oxygen atoms in total. The SMILES string of the molecule is CN=C(NCCCc1ccccc1)NCCS(C)(=O)=O. The van der Waals surface area contributed by atoms with Crippen LogP contribution in [-0.4, -0.2) is 46.5 Å². The van der Waals surface area contributed by atoms with Gasteiger partial charge in [-0.2, -0.15) is 0 Å². The van der Waals surface area contributed by atoms with E-state index in [1.54, 1.807) is 7.05 Å². The third kappa shape index (κ3) is 7.78. The maximum atomic E-state index is 11.0. The fourth-order valence-electron chi connectivity index (χ4n) is 1.72. The van der Waals surface area contributed by atoms with E-state index in [0.717, 1.165) is 19.4 Å². The molecule has 0 bridgehead atoms. The number of hydrogen-bond acceptors (Lipinski definition) is 3. The molecule has 0 heterocycles. The highest BCUT2D eigenvalue weighted by molar-refractivity contribution is 7.90. The highest BCUT2D eigenvalue weighted by Crippen LogP contribution is 2.01. The zero-order valence-corrected chi connectivity index (χ0v) is 12.9. The van der Waals surface area contributed by atoms with Crippen molar-refractivity contribution in [2.24, 2.45) is 4.99 Å². The minimum absolute atomic E-state index is 0.109. The molecule has 1 aromatic carbocycles. The van der Waals surface area contributed by atoms with Crippen molar-refractivity contribution < 1.29 is 8.42 Å². The molecule has 0 spiro atoms. The lowest BCUT2D eigenvalue weighted by Gasteiger charge is -2.11. The highest BCUT2D eigenvalue weighted by atomic mass is 32.2. The van der Waals surface area contributed by atoms with Gasteiger partial charge in [0.25, 0.3) is 0 Å². The van der Waals surface area contributed by atoms with Crippen LogP contribution in [0.15, 0.2) is 35.3 Å². The minimum atomic E-state index is -2.93. The molecule has 6 heteroatoms. The van der Waals surface area contributed by atoms with E-state index in [2.05, 4.69) is 27.8 Å². The Kier molecular flexibility index (Phi) is 7.08. The van der Waals surface area contributed by atoms with Crippen LogP contribution in [0.4, 0.5) is 0 Å². The molecule has 0 aromatic heterocycles. The summed E-state index contributed by atoms with van der Waals surface area (Å²) in [4.78, 5) is 4.05. The Morgan fingerprint density at radius 1 is 1.15 bits per heavy atom. The van der Waals surface area contributed by atoms with E-state index in [9.17, 15) is 8.42 Å². The van der Waals surface area contributed by atoms with E-state index in [-0.39, 0.29) is 5.75 Å². The number of aliphatic imine (C=N–C) groups is 1. The van der Waals surface area contributed by atoms with Crippen molar-refractivity contribution >= 4 is 15.8 Å². The van der Waals surface area contributed by atoms with E-state index in [1.165, 1.54) is 11.8 Å². The molecule has 1 rings (SSSR count). The van der Waals surface area contributed by atoms with Crippen LogP contribution in [0.5, 0.6) is 0 Å². The van der Waals surface area contributed by atoms with E-state index in [4.69, 9.17) is 0 Å². The van der Waals surface area contributed by atoms with Crippen LogP contribution in [0.3, 0.4) is 0 Å². The molecule has 2 N–H and O–H groups in total. The molecule has 1 aromatic rings. The molecule has 0 aliphatic rings. The fraction of sp³-hybridized carbons (Fsp3) is 0.500. The quantitative estimate of drug-likeness (QED) is 0.444. The van der Waals surface area contributed by atoms with Crippen LogP contribution in [-0.2, 0) is 16.3 Å². The van der Waals surface area contributed by atoms with E-state index >= 15 is 0 Å². The molecule has 0 radical (unpaired) electrons. The van der Waals surface area contributed by atoms with E-state index in [0.29, 0.717) is 12.5 Å². The normalized spacial score (nSPS) is 12.2. The Balaban J connectivity index is 2.19. The van der Waals surface area contributed by atoms with Gasteiger partial charge in [-0.25, -0.2) is 8.42 Å². The zero-order chi connectivity index (χ0) is 14.8. The largest absolute Gasteiger partial charge is 0.356 e. The van der Waals surface area contributed by atoms with Crippen molar-refractivity contribution in [3.8, 4) is 0 Å². The predicted octanol–water partition coefficient (Wildman–Crippen LogP) is 0.829. The molecule has 112 valence electrons. The fourth-order valence-corrected chi connectivity index (χ4v) is 2.19. The lowest BCUT2D eigenvalue weighted by atomic mass is 10.1. The first-order chi connectivity index (χ1) is 9.51. The molecular weight excluding hydrogens is 274 g/mol. The molecule has 0 aliphatic heterocycles. The van der Waals surface area contributed by atoms with Gasteiger partial charge in [0.1, 0.15) is 9.84 Å². The highest BCUT2D eigenvalue weighted by Gasteiger charge is 2.02. The Morgan fingerprint density at radius 2 is 1.80 bits per heavy atom. The summed E-state index contributed by atoms with van der Waals surface area (Å²) in [6.45, 7) is 1.17. The summed E-state index contributed by atoms with van der Waals surface area (Å²) in [5.41, 5.74) is 1.31. The van der Waals surface area contributed by atoms with Gasteiger partial charge in [0, 0.05) is 26.4 Å². The van der Waals surface area contributed by atoms with Crippen LogP contribution in [0.2, 0.25) is 0 Å². The van der Waals surface area contributed by atoms with Gasteiger partial charge < -0.3 is 10.6 Å². The Bertz CT molecular complexity index is 512. The molecule has 0 amide bonds. The number of sulfone groups is 1. The first-order valence-corrected chi connectivity index (χ1v) is 8.73. The number of nitrogens with one attached hydrogen (secondary N) is 2. The van der Waals surface area contributed by atoms with Crippen molar-refractivity contribution in [1.82, 2.24) is 10.6 Å². The van der Waals surface area contributed by atoms with Crippen molar-refractivity contribution in [3.05, 3.63) is 35.9 Å². The maximum Gasteiger partial charge on any atom is 0.191 e. The monoisotopic (exact) mass is 297 g/mol. The molecule has 0 fully saturated rings. The topological polar surface area (TPSA) is 70.6 Å². The minimum Gasteiger partial charge on any atom is -0.356 e. The Hall–Kier alpha value is -1.56. The number of nitrogens with zero attached hydrogens (tertiary/aromatic N) is 1. The van der Waals surface area contributed by atoms with Crippen LogP contribution >= 0.6 is 0 Å². The van der Waals surface area contributed by atoms with Gasteiger partial charge in [-0.3, -0.25) is 4.99 Å². The zero-order valence-electron chi connectivity index (χ0n) is 12.1. The van der Waals surface area contributed by atoms with Gasteiger partial charge in [0.15, 0.2) is 5.96 Å². The Labute approximate surface area is 121 Å². The first-order valence-electron chi connectivity index (χ1n) is 6.67. The lowest BCUT2D eigenvalue weighted by molar-refractivity contribution is 0.600.